The smallest absolute Gasteiger partial charge is 0.242 e. The molecule has 0 spiro atoms. The number of rotatable bonds is 13. The predicted molar refractivity (Wildman–Crippen MR) is 152 cm³/mol. The van der Waals surface area contributed by atoms with Gasteiger partial charge in [-0.3, -0.25) is 13.9 Å². The molecule has 2 amide bonds. The third-order valence-corrected chi connectivity index (χ3v) is 7.65. The molecule has 0 saturated carbocycles. The molecule has 2 rings (SSSR count). The summed E-state index contributed by atoms with van der Waals surface area (Å²) < 4.78 is 26.3. The first-order chi connectivity index (χ1) is 17.3. The molecule has 2 aromatic carbocycles. The Hall–Kier alpha value is -2.29. The van der Waals surface area contributed by atoms with Gasteiger partial charge in [0.05, 0.1) is 11.9 Å². The minimum atomic E-state index is -3.55. The first kappa shape index (κ1) is 30.9. The molecule has 0 heterocycles. The predicted octanol–water partition coefficient (Wildman–Crippen LogP) is 5.43. The number of anilines is 1. The van der Waals surface area contributed by atoms with Gasteiger partial charge < -0.3 is 10.2 Å². The van der Waals surface area contributed by atoms with Gasteiger partial charge in [0, 0.05) is 36.1 Å². The van der Waals surface area contributed by atoms with Crippen molar-refractivity contribution in [3.63, 3.8) is 0 Å². The maximum absolute atomic E-state index is 13.5. The molecule has 0 unspecified atom stereocenters. The van der Waals surface area contributed by atoms with Gasteiger partial charge in [-0.25, -0.2) is 8.42 Å². The molecule has 1 N–H and O–H groups in total. The molecule has 0 radical (unpaired) electrons. The average molecular weight is 571 g/mol. The summed E-state index contributed by atoms with van der Waals surface area (Å²) in [6.07, 6.45) is 1.92. The zero-order valence-corrected chi connectivity index (χ0v) is 24.5. The average Bonchev–Trinajstić information content (AvgIpc) is 2.80. The van der Waals surface area contributed by atoms with Gasteiger partial charge in [0.1, 0.15) is 6.04 Å². The van der Waals surface area contributed by atoms with Crippen LogP contribution in [-0.4, -0.2) is 50.5 Å². The van der Waals surface area contributed by atoms with Crippen molar-refractivity contribution < 1.29 is 18.0 Å². The van der Waals surface area contributed by atoms with Crippen molar-refractivity contribution in [3.05, 3.63) is 63.6 Å². The van der Waals surface area contributed by atoms with E-state index in [1.807, 2.05) is 33.8 Å². The van der Waals surface area contributed by atoms with Crippen LogP contribution in [0.15, 0.2) is 42.5 Å². The van der Waals surface area contributed by atoms with Crippen LogP contribution in [0.25, 0.3) is 0 Å². The van der Waals surface area contributed by atoms with Gasteiger partial charge in [0.15, 0.2) is 0 Å². The quantitative estimate of drug-likeness (QED) is 0.348. The van der Waals surface area contributed by atoms with Crippen LogP contribution in [0.2, 0.25) is 10.0 Å². The number of nitrogens with zero attached hydrogens (tertiary/aromatic N) is 2. The molecule has 0 aliphatic rings. The highest BCUT2D eigenvalue weighted by Crippen LogP contribution is 2.25. The number of amides is 2. The Kier molecular flexibility index (Phi) is 11.7. The number of aryl methyl sites for hydroxylation is 1. The first-order valence-corrected chi connectivity index (χ1v) is 15.0. The summed E-state index contributed by atoms with van der Waals surface area (Å²) in [5.74, 6) is -0.220. The van der Waals surface area contributed by atoms with Gasteiger partial charge >= 0.3 is 0 Å². The standard InChI is InChI=1S/C27H37Cl2N3O4S/c1-6-25(27(34)30-17-19(2)3)31(18-21-12-13-22(28)16-24(21)29)26(33)11-8-14-32(37(5,35)36)23-10-7-9-20(4)15-23/h7,9-10,12-13,15-16,19,25H,6,8,11,14,17-18H2,1-5H3,(H,30,34)/t25-/m0/s1. The Bertz CT molecular complexity index is 1190. The second kappa shape index (κ2) is 14.0. The lowest BCUT2D eigenvalue weighted by molar-refractivity contribution is -0.141. The molecule has 0 aromatic heterocycles. The largest absolute Gasteiger partial charge is 0.354 e. The maximum Gasteiger partial charge on any atom is 0.242 e. The molecule has 1 atom stereocenters. The van der Waals surface area contributed by atoms with E-state index in [4.69, 9.17) is 23.2 Å². The zero-order valence-electron chi connectivity index (χ0n) is 22.1. The number of nitrogens with one attached hydrogen (secondary N) is 1. The van der Waals surface area contributed by atoms with Gasteiger partial charge in [0.2, 0.25) is 21.8 Å². The summed E-state index contributed by atoms with van der Waals surface area (Å²) in [4.78, 5) is 28.1. The highest BCUT2D eigenvalue weighted by Gasteiger charge is 2.29. The van der Waals surface area contributed by atoms with Gasteiger partial charge in [-0.1, -0.05) is 62.2 Å². The number of hydrogen-bond donors (Lipinski definition) is 1. The van der Waals surface area contributed by atoms with Crippen LogP contribution >= 0.6 is 23.2 Å². The molecule has 204 valence electrons. The second-order valence-electron chi connectivity index (χ2n) is 9.60. The highest BCUT2D eigenvalue weighted by atomic mass is 35.5. The normalized spacial score (nSPS) is 12.3. The van der Waals surface area contributed by atoms with E-state index in [1.54, 1.807) is 36.4 Å². The van der Waals surface area contributed by atoms with Gasteiger partial charge in [-0.15, -0.1) is 0 Å². The number of hydrogen-bond acceptors (Lipinski definition) is 4. The molecule has 10 heteroatoms. The van der Waals surface area contributed by atoms with Crippen LogP contribution in [0.1, 0.15) is 51.2 Å². The van der Waals surface area contributed by atoms with Gasteiger partial charge in [0.25, 0.3) is 0 Å². The van der Waals surface area contributed by atoms with Crippen molar-refractivity contribution in [2.24, 2.45) is 5.92 Å². The second-order valence-corrected chi connectivity index (χ2v) is 12.3. The number of sulfonamides is 1. The van der Waals surface area contributed by atoms with Crippen LogP contribution in [0.4, 0.5) is 5.69 Å². The molecular formula is C27H37Cl2N3O4S. The molecule has 0 saturated heterocycles. The lowest BCUT2D eigenvalue weighted by atomic mass is 10.1. The van der Waals surface area contributed by atoms with Crippen LogP contribution in [0.3, 0.4) is 0 Å². The van der Waals surface area contributed by atoms with Crippen molar-refractivity contribution in [1.82, 2.24) is 10.2 Å². The molecule has 37 heavy (non-hydrogen) atoms. The SMILES string of the molecule is CC[C@@H](C(=O)NCC(C)C)N(Cc1ccc(Cl)cc1Cl)C(=O)CCCN(c1cccc(C)c1)S(C)(=O)=O. The van der Waals surface area contributed by atoms with Crippen LogP contribution in [0, 0.1) is 12.8 Å². The fraction of sp³-hybridized carbons (Fsp3) is 0.481. The Morgan fingerprint density at radius 2 is 1.78 bits per heavy atom. The fourth-order valence-corrected chi connectivity index (χ4v) is 5.39. The van der Waals surface area contributed by atoms with Crippen LogP contribution in [0.5, 0.6) is 0 Å². The highest BCUT2D eigenvalue weighted by molar-refractivity contribution is 7.92. The summed E-state index contributed by atoms with van der Waals surface area (Å²) in [5.41, 5.74) is 2.16. The lowest BCUT2D eigenvalue weighted by Crippen LogP contribution is -2.49. The Morgan fingerprint density at radius 1 is 1.08 bits per heavy atom. The minimum Gasteiger partial charge on any atom is -0.354 e. The van der Waals surface area contributed by atoms with E-state index in [0.29, 0.717) is 34.3 Å². The van der Waals surface area contributed by atoms with Crippen molar-refractivity contribution in [3.8, 4) is 0 Å². The zero-order chi connectivity index (χ0) is 27.8. The van der Waals surface area contributed by atoms with E-state index < -0.39 is 16.1 Å². The van der Waals surface area contributed by atoms with E-state index in [9.17, 15) is 18.0 Å². The van der Waals surface area contributed by atoms with E-state index in [2.05, 4.69) is 5.32 Å². The number of benzene rings is 2. The molecule has 0 aliphatic carbocycles. The fourth-order valence-electron chi connectivity index (χ4n) is 3.96. The van der Waals surface area contributed by atoms with Crippen LogP contribution in [-0.2, 0) is 26.2 Å². The van der Waals surface area contributed by atoms with E-state index in [-0.39, 0.29) is 43.7 Å². The third kappa shape index (κ3) is 9.51. The lowest BCUT2D eigenvalue weighted by Gasteiger charge is -2.31. The molecule has 0 bridgehead atoms. The van der Waals surface area contributed by atoms with Crippen molar-refractivity contribution in [1.29, 1.82) is 0 Å². The van der Waals surface area contributed by atoms with E-state index in [1.165, 1.54) is 9.21 Å². The minimum absolute atomic E-state index is 0.0665. The van der Waals surface area contributed by atoms with Crippen molar-refractivity contribution in [2.45, 2.75) is 59.5 Å². The van der Waals surface area contributed by atoms with Crippen molar-refractivity contribution >= 4 is 50.7 Å². The molecule has 2 aromatic rings. The summed E-state index contributed by atoms with van der Waals surface area (Å²) in [7, 11) is -3.55. The molecule has 0 fully saturated rings. The van der Waals surface area contributed by atoms with Gasteiger partial charge in [-0.05, 0) is 61.1 Å². The van der Waals surface area contributed by atoms with Crippen LogP contribution < -0.4 is 9.62 Å². The summed E-state index contributed by atoms with van der Waals surface area (Å²) >= 11 is 12.4. The Labute approximate surface area is 231 Å². The summed E-state index contributed by atoms with van der Waals surface area (Å²) in [6, 6.07) is 11.6. The van der Waals surface area contributed by atoms with E-state index in [0.717, 1.165) is 11.8 Å². The monoisotopic (exact) mass is 569 g/mol. The number of carbonyl (C=O) groups is 2. The first-order valence-electron chi connectivity index (χ1n) is 12.4. The summed E-state index contributed by atoms with van der Waals surface area (Å²) in [5, 5.41) is 3.81. The van der Waals surface area contributed by atoms with Crippen molar-refractivity contribution in [2.75, 3.05) is 23.7 Å². The topological polar surface area (TPSA) is 86.8 Å². The Morgan fingerprint density at radius 3 is 2.35 bits per heavy atom. The van der Waals surface area contributed by atoms with E-state index >= 15 is 0 Å². The Balaban J connectivity index is 2.25. The maximum atomic E-state index is 13.5. The van der Waals surface area contributed by atoms with Gasteiger partial charge in [-0.2, -0.15) is 0 Å². The number of halogens is 2. The molecular weight excluding hydrogens is 533 g/mol. The summed E-state index contributed by atoms with van der Waals surface area (Å²) in [6.45, 7) is 8.52. The number of carbonyl (C=O) groups excluding carboxylic acids is 2. The third-order valence-electron chi connectivity index (χ3n) is 5.87. The molecule has 7 nitrogen and oxygen atoms in total. The molecule has 0 aliphatic heterocycles.